The average Bonchev–Trinajstić information content (AvgIpc) is 2.98. The van der Waals surface area contributed by atoms with Crippen LogP contribution in [0.1, 0.15) is 29.5 Å². The van der Waals surface area contributed by atoms with Crippen molar-refractivity contribution < 1.29 is 0 Å². The number of rotatable bonds is 4. The molecule has 0 atom stereocenters. The maximum Gasteiger partial charge on any atom is 0.328 e. The molecule has 17 heavy (non-hydrogen) atoms. The van der Waals surface area contributed by atoms with Gasteiger partial charge in [0, 0.05) is 36.3 Å². The van der Waals surface area contributed by atoms with Crippen LogP contribution in [-0.4, -0.2) is 14.1 Å². The molecule has 0 bridgehead atoms. The van der Waals surface area contributed by atoms with E-state index >= 15 is 0 Å². The molecule has 2 aromatic heterocycles. The van der Waals surface area contributed by atoms with Gasteiger partial charge < -0.3 is 0 Å². The highest BCUT2D eigenvalue weighted by molar-refractivity contribution is 7.09. The Morgan fingerprint density at radius 3 is 2.94 bits per heavy atom. The summed E-state index contributed by atoms with van der Waals surface area (Å²) in [5, 5.41) is 0. The van der Waals surface area contributed by atoms with Crippen LogP contribution >= 0.6 is 11.3 Å². The number of aryl methyl sites for hydroxylation is 3. The van der Waals surface area contributed by atoms with E-state index in [1.807, 2.05) is 29.4 Å². The normalized spacial score (nSPS) is 15.4. The first-order chi connectivity index (χ1) is 8.25. The second-order valence-electron chi connectivity index (χ2n) is 4.52. The molecular formula is C12H15N3OS. The molecule has 90 valence electrons. The molecule has 0 N–H and O–H groups in total. The van der Waals surface area contributed by atoms with E-state index in [1.54, 1.807) is 15.9 Å². The van der Waals surface area contributed by atoms with Crippen LogP contribution in [0.25, 0.3) is 0 Å². The van der Waals surface area contributed by atoms with Crippen molar-refractivity contribution in [1.82, 2.24) is 14.1 Å². The molecule has 2 aromatic rings. The molecule has 4 nitrogen and oxygen atoms in total. The van der Waals surface area contributed by atoms with E-state index in [1.165, 1.54) is 4.88 Å². The molecule has 0 radical (unpaired) electrons. The monoisotopic (exact) mass is 249 g/mol. The lowest BCUT2D eigenvalue weighted by atomic mass is 10.3. The Morgan fingerprint density at radius 2 is 2.29 bits per heavy atom. The van der Waals surface area contributed by atoms with Crippen molar-refractivity contribution in [2.24, 2.45) is 0 Å². The first-order valence-electron chi connectivity index (χ1n) is 5.92. The van der Waals surface area contributed by atoms with Crippen LogP contribution in [0.2, 0.25) is 0 Å². The van der Waals surface area contributed by atoms with Crippen molar-refractivity contribution in [2.75, 3.05) is 0 Å². The Balaban J connectivity index is 1.73. The van der Waals surface area contributed by atoms with Crippen molar-refractivity contribution in [3.63, 3.8) is 0 Å². The summed E-state index contributed by atoms with van der Waals surface area (Å²) in [5.41, 5.74) is 3.09. The van der Waals surface area contributed by atoms with Crippen LogP contribution in [0.5, 0.6) is 0 Å². The van der Waals surface area contributed by atoms with Gasteiger partial charge in [-0.25, -0.2) is 9.78 Å². The van der Waals surface area contributed by atoms with Gasteiger partial charge >= 0.3 is 5.69 Å². The summed E-state index contributed by atoms with van der Waals surface area (Å²) in [6.07, 6.45) is 7.01. The van der Waals surface area contributed by atoms with Gasteiger partial charge in [0.05, 0.1) is 11.2 Å². The third-order valence-corrected chi connectivity index (χ3v) is 4.23. The number of hydrogen-bond acceptors (Lipinski definition) is 3. The molecule has 2 heterocycles. The van der Waals surface area contributed by atoms with Crippen LogP contribution < -0.4 is 5.69 Å². The van der Waals surface area contributed by atoms with Gasteiger partial charge in [-0.3, -0.25) is 9.13 Å². The molecule has 1 aliphatic rings. The highest BCUT2D eigenvalue weighted by Crippen LogP contribution is 2.33. The van der Waals surface area contributed by atoms with Crippen molar-refractivity contribution in [3.8, 4) is 0 Å². The summed E-state index contributed by atoms with van der Waals surface area (Å²) in [5.74, 6) is 0. The quantitative estimate of drug-likeness (QED) is 0.831. The van der Waals surface area contributed by atoms with E-state index in [0.717, 1.165) is 31.5 Å². The highest BCUT2D eigenvalue weighted by Gasteiger charge is 2.25. The first kappa shape index (κ1) is 10.8. The third kappa shape index (κ3) is 2.07. The van der Waals surface area contributed by atoms with Gasteiger partial charge in [-0.15, -0.1) is 11.3 Å². The molecule has 0 saturated heterocycles. The predicted molar refractivity (Wildman–Crippen MR) is 67.5 cm³/mol. The molecule has 0 aromatic carbocycles. The zero-order valence-electron chi connectivity index (χ0n) is 9.80. The Hall–Kier alpha value is -1.36. The van der Waals surface area contributed by atoms with Crippen LogP contribution in [0.3, 0.4) is 0 Å². The lowest BCUT2D eigenvalue weighted by Crippen LogP contribution is -2.24. The van der Waals surface area contributed by atoms with Crippen molar-refractivity contribution in [2.45, 2.75) is 38.8 Å². The summed E-state index contributed by atoms with van der Waals surface area (Å²) >= 11 is 1.67. The van der Waals surface area contributed by atoms with Crippen molar-refractivity contribution in [3.05, 3.63) is 39.0 Å². The lowest BCUT2D eigenvalue weighted by Gasteiger charge is -2.00. The fraction of sp³-hybridized carbons (Fsp3) is 0.500. The smallest absolute Gasteiger partial charge is 0.299 e. The second kappa shape index (κ2) is 4.14. The van der Waals surface area contributed by atoms with Crippen LogP contribution in [0, 0.1) is 6.92 Å². The largest absolute Gasteiger partial charge is 0.328 e. The van der Waals surface area contributed by atoms with E-state index in [4.69, 9.17) is 0 Å². The van der Waals surface area contributed by atoms with E-state index in [-0.39, 0.29) is 5.69 Å². The number of hydrogen-bond donors (Lipinski definition) is 0. The van der Waals surface area contributed by atoms with Gasteiger partial charge in [0.2, 0.25) is 0 Å². The summed E-state index contributed by atoms with van der Waals surface area (Å²) in [7, 11) is 0. The molecule has 0 amide bonds. The lowest BCUT2D eigenvalue weighted by molar-refractivity contribution is 0.621. The minimum atomic E-state index is 0.134. The second-order valence-corrected chi connectivity index (χ2v) is 5.46. The number of aromatic nitrogens is 3. The minimum Gasteiger partial charge on any atom is -0.299 e. The maximum absolute atomic E-state index is 12.0. The zero-order chi connectivity index (χ0) is 11.8. The third-order valence-electron chi connectivity index (χ3n) is 3.24. The summed E-state index contributed by atoms with van der Waals surface area (Å²) in [6, 6.07) is 0.467. The minimum absolute atomic E-state index is 0.134. The SMILES string of the molecule is Cc1ncsc1CCn1ccn(C2CC2)c1=O. The average molecular weight is 249 g/mol. The van der Waals surface area contributed by atoms with E-state index in [9.17, 15) is 4.79 Å². The van der Waals surface area contributed by atoms with Crippen LogP contribution in [0.4, 0.5) is 0 Å². The summed E-state index contributed by atoms with van der Waals surface area (Å²) in [6.45, 7) is 2.77. The van der Waals surface area contributed by atoms with Gasteiger partial charge in [0.15, 0.2) is 0 Å². The predicted octanol–water partition coefficient (Wildman–Crippen LogP) is 1.99. The molecule has 0 spiro atoms. The van der Waals surface area contributed by atoms with E-state index < -0.39 is 0 Å². The Bertz CT molecular complexity index is 577. The summed E-state index contributed by atoms with van der Waals surface area (Å²) in [4.78, 5) is 17.5. The van der Waals surface area contributed by atoms with Gasteiger partial charge in [-0.1, -0.05) is 0 Å². The van der Waals surface area contributed by atoms with Crippen molar-refractivity contribution in [1.29, 1.82) is 0 Å². The van der Waals surface area contributed by atoms with Gasteiger partial charge in [0.1, 0.15) is 0 Å². The fourth-order valence-corrected chi connectivity index (χ4v) is 2.79. The molecule has 0 aliphatic heterocycles. The number of imidazole rings is 1. The Kier molecular flexibility index (Phi) is 2.63. The van der Waals surface area contributed by atoms with Crippen molar-refractivity contribution >= 4 is 11.3 Å². The van der Waals surface area contributed by atoms with Gasteiger partial charge in [0.25, 0.3) is 0 Å². The molecule has 1 saturated carbocycles. The van der Waals surface area contributed by atoms with E-state index in [2.05, 4.69) is 4.98 Å². The van der Waals surface area contributed by atoms with Crippen LogP contribution in [-0.2, 0) is 13.0 Å². The van der Waals surface area contributed by atoms with Gasteiger partial charge in [-0.05, 0) is 19.8 Å². The molecule has 1 fully saturated rings. The molecule has 0 unspecified atom stereocenters. The fourth-order valence-electron chi connectivity index (χ4n) is 2.02. The number of nitrogens with zero attached hydrogens (tertiary/aromatic N) is 3. The standard InChI is InChI=1S/C12H15N3OS/c1-9-11(17-8-13-9)4-5-14-6-7-15(12(14)16)10-2-3-10/h6-8,10H,2-5H2,1H3. The maximum atomic E-state index is 12.0. The highest BCUT2D eigenvalue weighted by atomic mass is 32.1. The zero-order valence-corrected chi connectivity index (χ0v) is 10.6. The Labute approximate surface area is 104 Å². The number of thiazole rings is 1. The van der Waals surface area contributed by atoms with Crippen LogP contribution in [0.15, 0.2) is 22.7 Å². The summed E-state index contributed by atoms with van der Waals surface area (Å²) < 4.78 is 3.66. The molecule has 1 aliphatic carbocycles. The Morgan fingerprint density at radius 1 is 1.47 bits per heavy atom. The topological polar surface area (TPSA) is 39.8 Å². The molecule has 5 heteroatoms. The van der Waals surface area contributed by atoms with Gasteiger partial charge in [-0.2, -0.15) is 0 Å². The molecular weight excluding hydrogens is 234 g/mol. The molecule has 3 rings (SSSR count). The van der Waals surface area contributed by atoms with E-state index in [0.29, 0.717) is 6.04 Å². The first-order valence-corrected chi connectivity index (χ1v) is 6.80.